The third-order valence-electron chi connectivity index (χ3n) is 4.21. The number of alkyl halides is 2. The molecule has 0 spiro atoms. The standard InChI is InChI=1S/C18H16Br2N2O4/c19-17(14-7-3-5-11-4-1-2-6-13(11)14)18(20)15-9-8-12(21(23)24)10-16(15)22(25)26/h1-10,17-18,21-23,25H/t17-,18-/m0/s1. The molecule has 4 N–H and O–H groups in total. The third-order valence-corrected chi connectivity index (χ3v) is 6.96. The second-order valence-corrected chi connectivity index (χ2v) is 7.76. The molecule has 8 heteroatoms. The summed E-state index contributed by atoms with van der Waals surface area (Å²) in [6, 6.07) is 18.1. The molecule has 6 nitrogen and oxygen atoms in total. The molecule has 136 valence electrons. The molecule has 2 unspecified atom stereocenters. The lowest BCUT2D eigenvalue weighted by Crippen LogP contribution is -3.01. The highest BCUT2D eigenvalue weighted by Crippen LogP contribution is 2.46. The Morgan fingerprint density at radius 2 is 1.42 bits per heavy atom. The van der Waals surface area contributed by atoms with E-state index < -0.39 is 10.5 Å². The number of hydrogen-bond donors (Lipinski definition) is 4. The number of benzene rings is 3. The minimum atomic E-state index is -1.16. The van der Waals surface area contributed by atoms with E-state index in [1.165, 1.54) is 12.1 Å². The van der Waals surface area contributed by atoms with E-state index >= 15 is 0 Å². The first-order valence-electron chi connectivity index (χ1n) is 7.76. The Balaban J connectivity index is 2.04. The van der Waals surface area contributed by atoms with E-state index in [4.69, 9.17) is 5.21 Å². The summed E-state index contributed by atoms with van der Waals surface area (Å²) in [6.45, 7) is 0. The van der Waals surface area contributed by atoms with Gasteiger partial charge in [-0.25, -0.2) is 10.4 Å². The monoisotopic (exact) mass is 482 g/mol. The highest BCUT2D eigenvalue weighted by Gasteiger charge is 2.27. The topological polar surface area (TPSA) is 95.5 Å². The fourth-order valence-corrected chi connectivity index (χ4v) is 4.29. The Bertz CT molecular complexity index is 915. The van der Waals surface area contributed by atoms with Crippen molar-refractivity contribution >= 4 is 54.0 Å². The second-order valence-electron chi connectivity index (χ2n) is 5.78. The molecular weight excluding hydrogens is 468 g/mol. The van der Waals surface area contributed by atoms with Crippen molar-refractivity contribution in [2.24, 2.45) is 0 Å². The lowest BCUT2D eigenvalue weighted by Gasteiger charge is -2.24. The molecule has 3 aromatic rings. The fourth-order valence-electron chi connectivity index (χ4n) is 2.92. The summed E-state index contributed by atoms with van der Waals surface area (Å²) in [7, 11) is 0. The molecule has 26 heavy (non-hydrogen) atoms. The normalized spacial score (nSPS) is 16.2. The molecule has 0 aliphatic carbocycles. The van der Waals surface area contributed by atoms with Crippen molar-refractivity contribution in [3.63, 3.8) is 0 Å². The zero-order valence-electron chi connectivity index (χ0n) is 13.4. The summed E-state index contributed by atoms with van der Waals surface area (Å²) >= 11 is 7.28. The molecule has 0 aliphatic heterocycles. The van der Waals surface area contributed by atoms with Gasteiger partial charge >= 0.3 is 0 Å². The highest BCUT2D eigenvalue weighted by molar-refractivity contribution is 9.12. The van der Waals surface area contributed by atoms with Crippen molar-refractivity contribution in [2.45, 2.75) is 9.65 Å². The van der Waals surface area contributed by atoms with Gasteiger partial charge in [0.1, 0.15) is 0 Å². The van der Waals surface area contributed by atoms with Crippen molar-refractivity contribution in [1.29, 1.82) is 0 Å². The van der Waals surface area contributed by atoms with Crippen LogP contribution in [0, 0.1) is 10.4 Å². The highest BCUT2D eigenvalue weighted by atomic mass is 79.9. The van der Waals surface area contributed by atoms with Gasteiger partial charge in [0.25, 0.3) is 0 Å². The van der Waals surface area contributed by atoms with Crippen LogP contribution < -0.4 is 10.5 Å². The van der Waals surface area contributed by atoms with Crippen LogP contribution >= 0.6 is 31.9 Å². The SMILES string of the molecule is [O-][NH+](O)c1ccc([C@H](Br)[C@@H](Br)c2cccc3ccccc23)c([NH+]([O-])O)c1. The molecule has 0 amide bonds. The molecule has 0 aromatic heterocycles. The molecular formula is C18H16Br2N2O4. The number of fused-ring (bicyclic) bond motifs is 1. The molecule has 0 fully saturated rings. The Morgan fingerprint density at radius 1 is 0.769 bits per heavy atom. The van der Waals surface area contributed by atoms with Gasteiger partial charge in [0, 0.05) is 11.6 Å². The van der Waals surface area contributed by atoms with Crippen LogP contribution in [0.5, 0.6) is 0 Å². The molecule has 0 radical (unpaired) electrons. The van der Waals surface area contributed by atoms with Crippen molar-refractivity contribution in [2.75, 3.05) is 0 Å². The van der Waals surface area contributed by atoms with Crippen LogP contribution in [0.2, 0.25) is 0 Å². The smallest absolute Gasteiger partial charge is 0.174 e. The van der Waals surface area contributed by atoms with E-state index in [9.17, 15) is 15.6 Å². The second kappa shape index (κ2) is 8.12. The van der Waals surface area contributed by atoms with Crippen LogP contribution in [0.3, 0.4) is 0 Å². The van der Waals surface area contributed by atoms with Crippen LogP contribution in [0.25, 0.3) is 10.8 Å². The lowest BCUT2D eigenvalue weighted by molar-refractivity contribution is -0.996. The first kappa shape index (κ1) is 19.4. The van der Waals surface area contributed by atoms with E-state index in [1.54, 1.807) is 6.07 Å². The number of rotatable bonds is 5. The predicted octanol–water partition coefficient (Wildman–Crippen LogP) is 3.22. The molecule has 0 heterocycles. The summed E-state index contributed by atoms with van der Waals surface area (Å²) in [5.41, 5.74) is 1.44. The fraction of sp³-hybridized carbons (Fsp3) is 0.111. The summed E-state index contributed by atoms with van der Waals surface area (Å²) < 4.78 is 0. The van der Waals surface area contributed by atoms with Gasteiger partial charge in [-0.2, -0.15) is 10.5 Å². The number of nitrogens with one attached hydrogen (secondary N) is 2. The quantitative estimate of drug-likeness (QED) is 0.331. The van der Waals surface area contributed by atoms with Crippen molar-refractivity contribution in [3.8, 4) is 0 Å². The van der Waals surface area contributed by atoms with Gasteiger partial charge < -0.3 is 10.4 Å². The van der Waals surface area contributed by atoms with Gasteiger partial charge in [-0.15, -0.1) is 0 Å². The molecule has 0 bridgehead atoms. The van der Waals surface area contributed by atoms with E-state index in [1.807, 2.05) is 42.5 Å². The lowest BCUT2D eigenvalue weighted by atomic mass is 9.97. The molecule has 0 saturated carbocycles. The average Bonchev–Trinajstić information content (AvgIpc) is 2.65. The van der Waals surface area contributed by atoms with E-state index in [0.717, 1.165) is 16.3 Å². The van der Waals surface area contributed by atoms with Crippen molar-refractivity contribution in [1.82, 2.24) is 0 Å². The van der Waals surface area contributed by atoms with Crippen LogP contribution in [-0.4, -0.2) is 10.4 Å². The largest absolute Gasteiger partial charge is 0.595 e. The summed E-state index contributed by atoms with van der Waals surface area (Å²) in [6.07, 6.45) is 0. The molecule has 3 aromatic carbocycles. The molecule has 4 atom stereocenters. The Morgan fingerprint density at radius 3 is 2.12 bits per heavy atom. The molecule has 0 saturated heterocycles. The average molecular weight is 484 g/mol. The maximum atomic E-state index is 11.6. The maximum Gasteiger partial charge on any atom is 0.174 e. The predicted molar refractivity (Wildman–Crippen MR) is 105 cm³/mol. The van der Waals surface area contributed by atoms with Gasteiger partial charge in [0.15, 0.2) is 11.4 Å². The van der Waals surface area contributed by atoms with Gasteiger partial charge in [-0.3, -0.25) is 0 Å². The van der Waals surface area contributed by atoms with Gasteiger partial charge in [-0.05, 0) is 22.4 Å². The first-order chi connectivity index (χ1) is 12.4. The minimum Gasteiger partial charge on any atom is -0.595 e. The van der Waals surface area contributed by atoms with Crippen LogP contribution in [0.1, 0.15) is 20.8 Å². The van der Waals surface area contributed by atoms with E-state index in [2.05, 4.69) is 31.9 Å². The summed E-state index contributed by atoms with van der Waals surface area (Å²) in [5.74, 6) is 0. The molecule has 0 aliphatic rings. The summed E-state index contributed by atoms with van der Waals surface area (Å²) in [4.78, 5) is -0.565. The Hall–Kier alpha value is -1.36. The maximum absolute atomic E-state index is 11.6. The van der Waals surface area contributed by atoms with Gasteiger partial charge in [0.2, 0.25) is 0 Å². The van der Waals surface area contributed by atoms with E-state index in [-0.39, 0.29) is 21.0 Å². The molecule has 3 rings (SSSR count). The number of halogens is 2. The van der Waals surface area contributed by atoms with Crippen molar-refractivity contribution in [3.05, 3.63) is 82.2 Å². The van der Waals surface area contributed by atoms with Crippen molar-refractivity contribution < 1.29 is 20.9 Å². The third kappa shape index (κ3) is 3.83. The van der Waals surface area contributed by atoms with Crippen LogP contribution in [0.15, 0.2) is 60.7 Å². The van der Waals surface area contributed by atoms with Crippen LogP contribution in [0.4, 0.5) is 11.4 Å². The zero-order valence-corrected chi connectivity index (χ0v) is 16.6. The minimum absolute atomic E-state index is 0.0311. The van der Waals surface area contributed by atoms with E-state index in [0.29, 0.717) is 5.56 Å². The van der Waals surface area contributed by atoms with Crippen LogP contribution in [-0.2, 0) is 0 Å². The number of quaternary nitrogens is 2. The van der Waals surface area contributed by atoms with Gasteiger partial charge in [0.05, 0.1) is 15.7 Å². The first-order valence-corrected chi connectivity index (χ1v) is 9.59. The Kier molecular flexibility index (Phi) is 6.06. The zero-order chi connectivity index (χ0) is 18.8. The van der Waals surface area contributed by atoms with Gasteiger partial charge in [-0.1, -0.05) is 74.3 Å². The Labute approximate surface area is 166 Å². The number of hydrogen-bond acceptors (Lipinski definition) is 4. The summed E-state index contributed by atoms with van der Waals surface area (Å²) in [5, 5.41) is 41.3.